The smallest absolute Gasteiger partial charge is 0.236 e. The monoisotopic (exact) mass is 252 g/mol. The number of aryl methyl sites for hydroxylation is 2. The molecule has 1 aliphatic carbocycles. The molecule has 1 saturated heterocycles. The van der Waals surface area contributed by atoms with Gasteiger partial charge in [0.25, 0.3) is 0 Å². The molecule has 5 heteroatoms. The van der Waals surface area contributed by atoms with Crippen LogP contribution in [0.1, 0.15) is 30.3 Å². The highest BCUT2D eigenvalue weighted by Gasteiger charge is 2.41. The first-order valence-electron chi connectivity index (χ1n) is 6.05. The highest BCUT2D eigenvalue weighted by atomic mass is 32.1. The molecule has 0 unspecified atom stereocenters. The lowest BCUT2D eigenvalue weighted by Gasteiger charge is -2.35. The van der Waals surface area contributed by atoms with E-state index in [-0.39, 0.29) is 11.3 Å². The molecule has 0 atom stereocenters. The molecule has 1 N–H and O–H groups in total. The van der Waals surface area contributed by atoms with E-state index in [0.29, 0.717) is 13.2 Å². The van der Waals surface area contributed by atoms with Gasteiger partial charge in [0.2, 0.25) is 5.91 Å². The van der Waals surface area contributed by atoms with Gasteiger partial charge >= 0.3 is 0 Å². The number of amides is 1. The summed E-state index contributed by atoms with van der Waals surface area (Å²) in [7, 11) is 0. The predicted octanol–water partition coefficient (Wildman–Crippen LogP) is 2.00. The van der Waals surface area contributed by atoms with Crippen LogP contribution in [0.25, 0.3) is 0 Å². The second-order valence-electron chi connectivity index (χ2n) is 5.10. The first kappa shape index (κ1) is 11.2. The van der Waals surface area contributed by atoms with Crippen molar-refractivity contribution in [2.45, 2.75) is 32.6 Å². The Labute approximate surface area is 104 Å². The minimum atomic E-state index is -0.355. The van der Waals surface area contributed by atoms with Gasteiger partial charge in [0.15, 0.2) is 5.13 Å². The third-order valence-corrected chi connectivity index (χ3v) is 4.53. The van der Waals surface area contributed by atoms with Crippen LogP contribution in [0.5, 0.6) is 0 Å². The van der Waals surface area contributed by atoms with Crippen molar-refractivity contribution >= 4 is 22.4 Å². The zero-order chi connectivity index (χ0) is 11.9. The van der Waals surface area contributed by atoms with Gasteiger partial charge in [-0.05, 0) is 32.6 Å². The van der Waals surface area contributed by atoms with Crippen molar-refractivity contribution in [2.24, 2.45) is 5.41 Å². The van der Waals surface area contributed by atoms with E-state index in [2.05, 4.69) is 10.3 Å². The normalized spacial score (nSPS) is 21.5. The van der Waals surface area contributed by atoms with E-state index in [4.69, 9.17) is 4.74 Å². The Hall–Kier alpha value is -0.940. The summed E-state index contributed by atoms with van der Waals surface area (Å²) in [4.78, 5) is 17.9. The number of hydrogen-bond donors (Lipinski definition) is 1. The molecule has 92 valence electrons. The molecule has 1 aromatic heterocycles. The van der Waals surface area contributed by atoms with Gasteiger partial charge in [-0.1, -0.05) is 0 Å². The quantitative estimate of drug-likeness (QED) is 0.876. The molecule has 3 rings (SSSR count). The van der Waals surface area contributed by atoms with Crippen LogP contribution in [0.15, 0.2) is 0 Å². The lowest BCUT2D eigenvalue weighted by Crippen LogP contribution is -2.49. The largest absolute Gasteiger partial charge is 0.379 e. The zero-order valence-corrected chi connectivity index (χ0v) is 10.7. The van der Waals surface area contributed by atoms with Gasteiger partial charge in [-0.25, -0.2) is 4.98 Å². The van der Waals surface area contributed by atoms with Crippen LogP contribution in [-0.4, -0.2) is 24.1 Å². The lowest BCUT2D eigenvalue weighted by molar-refractivity contribution is -0.151. The fourth-order valence-corrected chi connectivity index (χ4v) is 3.24. The van der Waals surface area contributed by atoms with E-state index in [1.165, 1.54) is 23.4 Å². The Morgan fingerprint density at radius 3 is 2.82 bits per heavy atom. The van der Waals surface area contributed by atoms with Crippen molar-refractivity contribution in [1.29, 1.82) is 0 Å². The highest BCUT2D eigenvalue weighted by Crippen LogP contribution is 2.32. The first-order chi connectivity index (χ1) is 8.17. The second-order valence-corrected chi connectivity index (χ2v) is 6.19. The van der Waals surface area contributed by atoms with Gasteiger partial charge in [-0.3, -0.25) is 4.79 Å². The number of ether oxygens (including phenoxy) is 1. The molecular formula is C12H16N2O2S. The molecule has 2 heterocycles. The Balaban J connectivity index is 1.72. The number of carbonyl (C=O) groups is 1. The van der Waals surface area contributed by atoms with Crippen LogP contribution in [0.3, 0.4) is 0 Å². The molecule has 0 bridgehead atoms. The van der Waals surface area contributed by atoms with Gasteiger partial charge in [-0.15, -0.1) is 11.3 Å². The van der Waals surface area contributed by atoms with Crippen LogP contribution < -0.4 is 5.32 Å². The molecule has 1 aliphatic heterocycles. The summed E-state index contributed by atoms with van der Waals surface area (Å²) in [6.07, 6.45) is 4.63. The summed E-state index contributed by atoms with van der Waals surface area (Å²) in [6.45, 7) is 2.97. The highest BCUT2D eigenvalue weighted by molar-refractivity contribution is 7.15. The van der Waals surface area contributed by atoms with Gasteiger partial charge in [-0.2, -0.15) is 0 Å². The minimum Gasteiger partial charge on any atom is -0.379 e. The van der Waals surface area contributed by atoms with Crippen LogP contribution in [-0.2, 0) is 22.4 Å². The van der Waals surface area contributed by atoms with Crippen LogP contribution in [0, 0.1) is 5.41 Å². The number of rotatable bonds is 2. The summed E-state index contributed by atoms with van der Waals surface area (Å²) < 4.78 is 5.10. The molecule has 1 fully saturated rings. The Kier molecular flexibility index (Phi) is 2.67. The Morgan fingerprint density at radius 2 is 2.18 bits per heavy atom. The number of nitrogens with zero attached hydrogens (tertiary/aromatic N) is 1. The first-order valence-corrected chi connectivity index (χ1v) is 6.87. The zero-order valence-electron chi connectivity index (χ0n) is 9.91. The number of nitrogens with one attached hydrogen (secondary N) is 1. The molecule has 0 saturated carbocycles. The van der Waals surface area contributed by atoms with Gasteiger partial charge < -0.3 is 10.1 Å². The van der Waals surface area contributed by atoms with E-state index in [1.807, 2.05) is 6.92 Å². The third-order valence-electron chi connectivity index (χ3n) is 3.46. The third kappa shape index (κ3) is 1.98. The second kappa shape index (κ2) is 4.07. The maximum absolute atomic E-state index is 12.0. The molecule has 0 spiro atoms. The number of fused-ring (bicyclic) bond motifs is 1. The molecule has 0 radical (unpaired) electrons. The standard InChI is InChI=1S/C12H16N2O2S/c1-12(6-16-7-12)10(15)14-11-13-8-4-2-3-5-9(8)17-11/h2-7H2,1H3,(H,13,14,15). The molecule has 2 aliphatic rings. The number of hydrogen-bond acceptors (Lipinski definition) is 4. The Morgan fingerprint density at radius 1 is 1.41 bits per heavy atom. The van der Waals surface area contributed by atoms with Crippen molar-refractivity contribution in [2.75, 3.05) is 18.5 Å². The van der Waals surface area contributed by atoms with Crippen molar-refractivity contribution in [3.63, 3.8) is 0 Å². The summed E-state index contributed by atoms with van der Waals surface area (Å²) in [5, 5.41) is 3.69. The van der Waals surface area contributed by atoms with Crippen molar-refractivity contribution in [3.8, 4) is 0 Å². The topological polar surface area (TPSA) is 51.2 Å². The van der Waals surface area contributed by atoms with Crippen molar-refractivity contribution in [1.82, 2.24) is 4.98 Å². The molecular weight excluding hydrogens is 236 g/mol. The average Bonchev–Trinajstić information content (AvgIpc) is 2.67. The minimum absolute atomic E-state index is 0.0369. The average molecular weight is 252 g/mol. The molecule has 1 aromatic rings. The number of anilines is 1. The van der Waals surface area contributed by atoms with E-state index < -0.39 is 0 Å². The lowest BCUT2D eigenvalue weighted by atomic mass is 9.88. The van der Waals surface area contributed by atoms with E-state index in [9.17, 15) is 4.79 Å². The van der Waals surface area contributed by atoms with Gasteiger partial charge in [0, 0.05) is 4.88 Å². The molecule has 0 aromatic carbocycles. The maximum Gasteiger partial charge on any atom is 0.236 e. The molecule has 1 amide bonds. The predicted molar refractivity (Wildman–Crippen MR) is 66.3 cm³/mol. The molecule has 4 nitrogen and oxygen atoms in total. The van der Waals surface area contributed by atoms with Gasteiger partial charge in [0.05, 0.1) is 24.3 Å². The van der Waals surface area contributed by atoms with Crippen LogP contribution >= 0.6 is 11.3 Å². The van der Waals surface area contributed by atoms with Crippen LogP contribution in [0.4, 0.5) is 5.13 Å². The molecule has 17 heavy (non-hydrogen) atoms. The fourth-order valence-electron chi connectivity index (χ4n) is 2.19. The van der Waals surface area contributed by atoms with Crippen LogP contribution in [0.2, 0.25) is 0 Å². The summed E-state index contributed by atoms with van der Waals surface area (Å²) in [5.74, 6) is 0.0369. The van der Waals surface area contributed by atoms with E-state index in [0.717, 1.165) is 18.0 Å². The number of carbonyl (C=O) groups excluding carboxylic acids is 1. The van der Waals surface area contributed by atoms with E-state index in [1.54, 1.807) is 11.3 Å². The Bertz CT molecular complexity index is 428. The number of thiazole rings is 1. The number of aromatic nitrogens is 1. The fraction of sp³-hybridized carbons (Fsp3) is 0.667. The SMILES string of the molecule is CC1(C(=O)Nc2nc3c(s2)CCCC3)COC1. The summed E-state index contributed by atoms with van der Waals surface area (Å²) in [5.41, 5.74) is 0.832. The van der Waals surface area contributed by atoms with Gasteiger partial charge in [0.1, 0.15) is 0 Å². The van der Waals surface area contributed by atoms with Crippen molar-refractivity contribution < 1.29 is 9.53 Å². The maximum atomic E-state index is 12.0. The van der Waals surface area contributed by atoms with Crippen molar-refractivity contribution in [3.05, 3.63) is 10.6 Å². The van der Waals surface area contributed by atoms with E-state index >= 15 is 0 Å². The summed E-state index contributed by atoms with van der Waals surface area (Å²) >= 11 is 1.63. The summed E-state index contributed by atoms with van der Waals surface area (Å²) in [6, 6.07) is 0.